The lowest BCUT2D eigenvalue weighted by Crippen LogP contribution is -2.70. The lowest BCUT2D eigenvalue weighted by atomic mass is 9.75. The Labute approximate surface area is 323 Å². The number of aliphatic hydroxyl groups excluding tert-OH is 7. The van der Waals surface area contributed by atoms with Crippen molar-refractivity contribution in [2.75, 3.05) is 26.2 Å². The molecule has 3 saturated heterocycles. The summed E-state index contributed by atoms with van der Waals surface area (Å²) in [6, 6.07) is -5.04. The van der Waals surface area contributed by atoms with Crippen molar-refractivity contribution in [2.24, 2.45) is 40.3 Å². The highest BCUT2D eigenvalue weighted by atomic mass is 16.8. The van der Waals surface area contributed by atoms with Crippen LogP contribution in [0.1, 0.15) is 32.1 Å². The Balaban J connectivity index is 1.19. The van der Waals surface area contributed by atoms with E-state index in [9.17, 15) is 45.6 Å². The third-order valence-electron chi connectivity index (χ3n) is 12.1. The first-order valence-corrected chi connectivity index (χ1v) is 19.3. The number of aliphatic hydroxyl groups is 8. The molecule has 0 bridgehead atoms. The fourth-order valence-electron chi connectivity index (χ4n) is 8.50. The molecule has 3 heterocycles. The molecule has 0 unspecified atom stereocenters. The van der Waals surface area contributed by atoms with E-state index in [0.717, 1.165) is 12.8 Å². The predicted octanol–water partition coefficient (Wildman–Crippen LogP) is -9.52. The molecule has 22 N–H and O–H groups in total. The molecule has 0 aromatic carbocycles. The Morgan fingerprint density at radius 3 is 1.79 bits per heavy atom. The molecule has 3 aliphatic carbocycles. The molecule has 0 spiro atoms. The van der Waals surface area contributed by atoms with Crippen LogP contribution in [-0.2, 0) is 33.2 Å². The van der Waals surface area contributed by atoms with Crippen LogP contribution in [-0.4, -0.2) is 207 Å². The lowest BCUT2D eigenvalue weighted by Gasteiger charge is -2.48. The number of rotatable bonds is 14. The van der Waals surface area contributed by atoms with Crippen molar-refractivity contribution in [3.63, 3.8) is 0 Å². The van der Waals surface area contributed by atoms with Gasteiger partial charge in [0.1, 0.15) is 78.8 Å². The highest BCUT2D eigenvalue weighted by molar-refractivity contribution is 5.86. The Bertz CT molecular complexity index is 1300. The zero-order valence-corrected chi connectivity index (χ0v) is 31.0. The van der Waals surface area contributed by atoms with E-state index in [1.165, 1.54) is 0 Å². The molecule has 19 atom stereocenters. The molecule has 6 aliphatic rings. The first kappa shape index (κ1) is 44.2. The van der Waals surface area contributed by atoms with Crippen LogP contribution in [0.15, 0.2) is 0 Å². The van der Waals surface area contributed by atoms with E-state index >= 15 is 0 Å². The summed E-state index contributed by atoms with van der Waals surface area (Å²) in [6.45, 7) is -0.187. The van der Waals surface area contributed by atoms with Crippen LogP contribution in [0.5, 0.6) is 0 Å². The highest BCUT2D eigenvalue weighted by Gasteiger charge is 2.56. The molecule has 6 rings (SSSR count). The van der Waals surface area contributed by atoms with Crippen LogP contribution < -0.4 is 45.0 Å². The van der Waals surface area contributed by atoms with Gasteiger partial charge in [0.05, 0.1) is 24.7 Å². The first-order valence-electron chi connectivity index (χ1n) is 19.3. The van der Waals surface area contributed by atoms with Gasteiger partial charge in [-0.1, -0.05) is 0 Å². The Morgan fingerprint density at radius 1 is 0.661 bits per heavy atom. The molecule has 0 radical (unpaired) electrons. The predicted molar refractivity (Wildman–Crippen MR) is 189 cm³/mol. The van der Waals surface area contributed by atoms with Crippen LogP contribution in [0.25, 0.3) is 0 Å². The van der Waals surface area contributed by atoms with Gasteiger partial charge in [0.25, 0.3) is 5.91 Å². The maximum absolute atomic E-state index is 13.1. The van der Waals surface area contributed by atoms with Crippen molar-refractivity contribution in [1.82, 2.24) is 10.6 Å². The number of hydrogen-bond donors (Lipinski definition) is 16. The Kier molecular flexibility index (Phi) is 14.3. The zero-order chi connectivity index (χ0) is 40.8. The van der Waals surface area contributed by atoms with Gasteiger partial charge in [-0.05, 0) is 31.7 Å². The molecular weight excluding hydrogens is 748 g/mol. The number of hydrogen-bond acceptors (Lipinski definition) is 22. The monoisotopic (exact) mass is 810 g/mol. The minimum Gasteiger partial charge on any atom is -0.394 e. The van der Waals surface area contributed by atoms with Gasteiger partial charge in [-0.3, -0.25) is 4.79 Å². The minimum absolute atomic E-state index is 0.00288. The average molecular weight is 811 g/mol. The number of nitrogens with two attached hydrogens (primary N) is 6. The van der Waals surface area contributed by atoms with Crippen molar-refractivity contribution in [3.8, 4) is 0 Å². The summed E-state index contributed by atoms with van der Waals surface area (Å²) in [6.07, 6.45) is -19.7. The lowest BCUT2D eigenvalue weighted by molar-refractivity contribution is -0.308. The Morgan fingerprint density at radius 2 is 1.21 bits per heavy atom. The number of nitrogens with one attached hydrogen (secondary N) is 2. The second-order valence-electron chi connectivity index (χ2n) is 16.4. The highest BCUT2D eigenvalue weighted by Crippen LogP contribution is 2.36. The van der Waals surface area contributed by atoms with E-state index in [1.807, 2.05) is 0 Å². The molecule has 0 aromatic heterocycles. The summed E-state index contributed by atoms with van der Waals surface area (Å²) >= 11 is 0. The molecule has 3 saturated carbocycles. The molecule has 56 heavy (non-hydrogen) atoms. The fraction of sp³-hybridized carbons (Fsp3) is 0.970. The van der Waals surface area contributed by atoms with Gasteiger partial charge >= 0.3 is 0 Å². The van der Waals surface area contributed by atoms with E-state index in [0.29, 0.717) is 12.5 Å². The fourth-order valence-corrected chi connectivity index (χ4v) is 8.50. The first-order chi connectivity index (χ1) is 26.5. The average Bonchev–Trinajstić information content (AvgIpc) is 3.43. The third kappa shape index (κ3) is 9.03. The van der Waals surface area contributed by atoms with Gasteiger partial charge in [0.2, 0.25) is 0 Å². The van der Waals surface area contributed by atoms with Crippen LogP contribution >= 0.6 is 0 Å². The number of ether oxygens (including phenoxy) is 6. The second kappa shape index (κ2) is 18.1. The quantitative estimate of drug-likeness (QED) is 0.0774. The van der Waals surface area contributed by atoms with Gasteiger partial charge in [0, 0.05) is 44.1 Å². The molecule has 324 valence electrons. The SMILES string of the molecule is NC[C@@H]1O[C@H](O[C@H]2[C@@H](O)[C@H](O[C@@H]3[C@@H](O)[C@H](NC(=O)C4(O)CC(N)C4)C[C@H](N)[C@H]3O[C@H]3O[C@H](CNCC4CC(N)C4)[C@@H](O)[C@H](O)[C@H]3N)O[C@@H]2CO)[C@H](N)[C@@H](O)[C@@H]1O. The van der Waals surface area contributed by atoms with Gasteiger partial charge in [-0.2, -0.15) is 0 Å². The number of carbonyl (C=O) groups excluding carboxylic acids is 1. The van der Waals surface area contributed by atoms with Gasteiger partial charge < -0.3 is 114 Å². The molecule has 3 aliphatic heterocycles. The largest absolute Gasteiger partial charge is 0.394 e. The summed E-state index contributed by atoms with van der Waals surface area (Å²) in [4.78, 5) is 13.1. The molecule has 0 aromatic rings. The maximum atomic E-state index is 13.1. The van der Waals surface area contributed by atoms with Crippen LogP contribution in [0.2, 0.25) is 0 Å². The zero-order valence-electron chi connectivity index (χ0n) is 31.0. The smallest absolute Gasteiger partial charge is 0.252 e. The van der Waals surface area contributed by atoms with E-state index < -0.39 is 134 Å². The second-order valence-corrected chi connectivity index (χ2v) is 16.4. The number of carbonyl (C=O) groups is 1. The maximum Gasteiger partial charge on any atom is 0.252 e. The van der Waals surface area contributed by atoms with Crippen LogP contribution in [0.4, 0.5) is 0 Å². The van der Waals surface area contributed by atoms with Gasteiger partial charge in [-0.25, -0.2) is 0 Å². The third-order valence-corrected chi connectivity index (χ3v) is 12.1. The summed E-state index contributed by atoms with van der Waals surface area (Å²) in [7, 11) is 0. The van der Waals surface area contributed by atoms with Crippen molar-refractivity contribution < 1.29 is 74.1 Å². The van der Waals surface area contributed by atoms with Crippen LogP contribution in [0, 0.1) is 5.92 Å². The minimum atomic E-state index is -1.77. The standard InChI is InChI=1S/C33H62N8O15/c34-6-15-21(44)23(46)18(38)29(51-15)55-27-17(9-42)53-31(25(27)48)56-28-20(43)14(41-32(49)33(50)4-12(36)5-33)3-13(37)26(28)54-30-19(39)24(47)22(45)16(52-30)8-40-7-10-1-11(35)2-10/h10-31,40,42-48,50H,1-9,34-39H2,(H,41,49)/t10?,11?,12?,13-,14+,15-,16+,17+,18+,19+,20-,21+,22+,23+,24+,25+,26+,27+,28+,29+,30+,31-,33?/m0/s1. The van der Waals surface area contributed by atoms with Crippen LogP contribution in [0.3, 0.4) is 0 Å². The van der Waals surface area contributed by atoms with Crippen molar-refractivity contribution in [3.05, 3.63) is 0 Å². The van der Waals surface area contributed by atoms with Gasteiger partial charge in [0.15, 0.2) is 18.9 Å². The topological polar surface area (TPSA) is 414 Å². The summed E-state index contributed by atoms with van der Waals surface area (Å²) in [5, 5.41) is 92.5. The summed E-state index contributed by atoms with van der Waals surface area (Å²) < 4.78 is 35.9. The van der Waals surface area contributed by atoms with E-state index in [-0.39, 0.29) is 44.4 Å². The molecule has 23 heteroatoms. The van der Waals surface area contributed by atoms with Gasteiger partial charge in [-0.15, -0.1) is 0 Å². The van der Waals surface area contributed by atoms with E-state index in [1.54, 1.807) is 0 Å². The molecule has 6 fully saturated rings. The molecule has 23 nitrogen and oxygen atoms in total. The van der Waals surface area contributed by atoms with Crippen molar-refractivity contribution in [2.45, 2.75) is 166 Å². The van der Waals surface area contributed by atoms with Crippen molar-refractivity contribution in [1.29, 1.82) is 0 Å². The molecule has 1 amide bonds. The van der Waals surface area contributed by atoms with E-state index in [4.69, 9.17) is 62.8 Å². The Hall–Kier alpha value is -1.37. The molecular formula is C33H62N8O15. The van der Waals surface area contributed by atoms with E-state index in [2.05, 4.69) is 10.6 Å². The number of amides is 1. The summed E-state index contributed by atoms with van der Waals surface area (Å²) in [5.74, 6) is -0.432. The van der Waals surface area contributed by atoms with Crippen molar-refractivity contribution >= 4 is 5.91 Å². The summed E-state index contributed by atoms with van der Waals surface area (Å²) in [5.41, 5.74) is 34.6. The normalized spacial score (nSPS) is 52.2.